The molecule has 20 rings (SSSR count). The number of amides is 4. The zero-order valence-electron chi connectivity index (χ0n) is 85.4. The molecule has 4 amide bonds. The topological polar surface area (TPSA) is 374 Å². The number of anilines is 4. The number of benzene rings is 8. The fourth-order valence-electron chi connectivity index (χ4n) is 19.4. The number of hydrogen-bond donors (Lipinski definition) is 6. The maximum atomic E-state index is 12.7. The van der Waals surface area contributed by atoms with E-state index in [1.54, 1.807) is 0 Å². The number of rotatable bonds is 28. The number of nitrogens with one attached hydrogen (secondary N) is 4. The number of allylic oxidation sites excluding steroid dienone is 4. The van der Waals surface area contributed by atoms with Gasteiger partial charge in [-0.1, -0.05) is 277 Å². The van der Waals surface area contributed by atoms with Crippen molar-refractivity contribution in [2.45, 2.75) is 256 Å². The molecule has 4 aromatic heterocycles. The van der Waals surface area contributed by atoms with Gasteiger partial charge in [0.15, 0.2) is 0 Å². The van der Waals surface area contributed by atoms with Crippen LogP contribution in [0.4, 0.5) is 41.9 Å². The quantitative estimate of drug-likeness (QED) is 0.0151. The molecule has 4 fully saturated rings. The summed E-state index contributed by atoms with van der Waals surface area (Å²) in [5, 5.41) is 33.9. The van der Waals surface area contributed by atoms with Crippen LogP contribution in [0.25, 0.3) is 86.3 Å². The largest absolute Gasteiger partial charge is 1.00 e. The fraction of sp³-hybridized carbons (Fsp3) is 0.345. The van der Waals surface area contributed by atoms with Gasteiger partial charge in [0.1, 0.15) is 24.4 Å². The number of aromatic nitrogens is 4. The Balaban J connectivity index is 0.000000165. The molecule has 12 aromatic rings. The van der Waals surface area contributed by atoms with Crippen molar-refractivity contribution in [1.29, 1.82) is 0 Å². The number of carbonyl (C=O) groups excluding carboxylic acids is 6. The Kier molecular flexibility index (Phi) is 40.2. The number of halogens is 4. The van der Waals surface area contributed by atoms with Gasteiger partial charge in [-0.2, -0.15) is 17.5 Å². The molecule has 150 heavy (non-hydrogen) atoms. The number of carbonyl (C=O) groups is 6. The SMILES string of the molecule is Cc1nsc(-c2ccc(-c3ccc(C4(C(=O)O)CC4)cc3)cc2)c1NC(=O)O[C@@H](C)C1=C(Cl)CCCC1.Cc1nsc(-c2ccc(-c3ccc(C4(C(=O)O)CC4)cc3)cc2)c1NC(=O)O[C@H](C)C1=C(Cl)CCCC1.Cc1nsc(-c2ccc(-c3ccc(C4([C-]=O)CC4)cc3)cc2)c1NC(=O)OC(C)C1=C(Cl)CCCC1.Cc1nsc(-c2ccc(-c3ccc(C4([C-]=O)CC4)cc3)cc2)c1NC(=O)OC(C)C1=C(Cl)CCCC1.[Na+].[Na+].[OH-].[OH-]. The summed E-state index contributed by atoms with van der Waals surface area (Å²) < 4.78 is 40.5. The molecule has 8 aliphatic carbocycles. The van der Waals surface area contributed by atoms with Crippen molar-refractivity contribution in [1.82, 2.24) is 17.5 Å². The van der Waals surface area contributed by atoms with E-state index in [9.17, 15) is 48.6 Å². The van der Waals surface area contributed by atoms with Crippen LogP contribution in [0.2, 0.25) is 0 Å². The summed E-state index contributed by atoms with van der Waals surface area (Å²) in [6, 6.07) is 64.3. The van der Waals surface area contributed by atoms with E-state index in [4.69, 9.17) is 65.4 Å². The summed E-state index contributed by atoms with van der Waals surface area (Å²) in [6.07, 6.45) is 22.5. The van der Waals surface area contributed by atoms with Crippen LogP contribution in [0, 0.1) is 27.7 Å². The second kappa shape index (κ2) is 51.6. The second-order valence-electron chi connectivity index (χ2n) is 38.9. The standard InChI is InChI=1S/2C29H29ClN2O4S.2C29H28ClN2O3S.2Na.2H2O/c2*1-17-25(31-28(35)36-18(2)23-5-3-4-6-24(23)30)26(37-32-17)21-9-7-19(8-10-21)20-11-13-22(14-12-20)29(15-16-29)27(33)34;2*1-18-26(31-28(34)35-19(2)24-5-3-4-6-25(24)30)27(36-32-18)22-9-7-20(8-10-22)21-11-13-23(14-12-21)29(17-33)15-16-29;;;;/h2*7-14,18H,3-6,15-16H2,1-2H3,(H,31,35)(H,33,34);2*7-14,19H,3-6,15-16H2,1-2H3,(H,31,34);;;2*1H2/q;;2*-1;2*+1;;/p-2/t2*18-;;;;;;/m10....../s1. The van der Waals surface area contributed by atoms with Crippen molar-refractivity contribution >= 4 is 164 Å². The Hall–Kier alpha value is -10.3. The van der Waals surface area contributed by atoms with Crippen molar-refractivity contribution in [2.75, 3.05) is 21.3 Å². The van der Waals surface area contributed by atoms with E-state index in [-0.39, 0.29) is 105 Å². The van der Waals surface area contributed by atoms with Gasteiger partial charge in [-0.25, -0.2) is 19.2 Å². The first-order valence-electron chi connectivity index (χ1n) is 49.7. The van der Waals surface area contributed by atoms with Crippen LogP contribution >= 0.6 is 92.5 Å². The van der Waals surface area contributed by atoms with E-state index in [0.29, 0.717) is 48.4 Å². The third-order valence-corrected chi connectivity index (χ3v) is 34.8. The molecule has 0 saturated heterocycles. The molecule has 2 unspecified atom stereocenters. The van der Waals surface area contributed by atoms with Gasteiger partial charge in [0.05, 0.1) is 75.9 Å². The predicted octanol–water partition coefficient (Wildman–Crippen LogP) is 25.3. The summed E-state index contributed by atoms with van der Waals surface area (Å²) in [6.45, 7) is 14.9. The molecule has 8 aromatic carbocycles. The van der Waals surface area contributed by atoms with E-state index in [1.165, 1.54) is 46.1 Å². The van der Waals surface area contributed by atoms with Crippen molar-refractivity contribution in [3.63, 3.8) is 0 Å². The van der Waals surface area contributed by atoms with Crippen LogP contribution in [-0.4, -0.2) is 112 Å². The normalized spacial score (nSPS) is 16.9. The number of aliphatic carboxylic acids is 2. The van der Waals surface area contributed by atoms with Gasteiger partial charge in [0, 0.05) is 20.1 Å². The minimum Gasteiger partial charge on any atom is -0.870 e. The average Bonchev–Trinajstić information content (AvgIpc) is 1.61. The molecule has 24 nitrogen and oxygen atoms in total. The third kappa shape index (κ3) is 27.2. The molecular formula is C116H116Cl4N8Na2O16S4-2. The molecule has 0 radical (unpaired) electrons. The van der Waals surface area contributed by atoms with Gasteiger partial charge >= 0.3 is 95.4 Å². The average molecular weight is 2190 g/mol. The first-order valence-corrected chi connectivity index (χ1v) is 54.3. The van der Waals surface area contributed by atoms with Crippen molar-refractivity contribution in [3.8, 4) is 86.3 Å². The molecule has 4 saturated carbocycles. The van der Waals surface area contributed by atoms with E-state index < -0.39 is 47.1 Å². The number of carboxylic acid groups (broad SMARTS) is 2. The van der Waals surface area contributed by atoms with E-state index >= 15 is 0 Å². The third-order valence-electron chi connectivity index (χ3n) is 29.1. The summed E-state index contributed by atoms with van der Waals surface area (Å²) in [5.74, 6) is -1.50. The van der Waals surface area contributed by atoms with Crippen LogP contribution in [0.5, 0.6) is 0 Å². The maximum Gasteiger partial charge on any atom is 1.00 e. The summed E-state index contributed by atoms with van der Waals surface area (Å²) in [5.41, 5.74) is 23.5. The zero-order chi connectivity index (χ0) is 103. The molecule has 4 atom stereocenters. The molecular weight excluding hydrogens is 2080 g/mol. The van der Waals surface area contributed by atoms with Gasteiger partial charge in [-0.3, -0.25) is 43.4 Å². The maximum absolute atomic E-state index is 12.7. The van der Waals surface area contributed by atoms with E-state index in [1.807, 2.05) is 201 Å². The fourth-order valence-corrected chi connectivity index (χ4v) is 24.3. The molecule has 4 heterocycles. The number of aryl methyl sites for hydroxylation is 4. The monoisotopic (exact) mass is 2190 g/mol. The number of hydrogen-bond acceptors (Lipinski definition) is 22. The Labute approximate surface area is 954 Å². The first-order chi connectivity index (χ1) is 70.4. The Bertz CT molecular complexity index is 6600. The number of nitrogens with zero attached hydrogens (tertiary/aromatic N) is 4. The van der Waals surface area contributed by atoms with E-state index in [0.717, 1.165) is 302 Å². The molecule has 8 aliphatic rings. The smallest absolute Gasteiger partial charge is 0.870 e. The van der Waals surface area contributed by atoms with Gasteiger partial charge < -0.3 is 49.7 Å². The van der Waals surface area contributed by atoms with Crippen molar-refractivity contribution < 1.29 is 138 Å². The van der Waals surface area contributed by atoms with Crippen LogP contribution in [0.1, 0.15) is 227 Å². The van der Waals surface area contributed by atoms with Crippen LogP contribution in [0.3, 0.4) is 0 Å². The molecule has 34 heteroatoms. The van der Waals surface area contributed by atoms with Crippen LogP contribution in [0.15, 0.2) is 237 Å². The minimum absolute atomic E-state index is 0. The van der Waals surface area contributed by atoms with Crippen molar-refractivity contribution in [3.05, 3.63) is 282 Å². The minimum atomic E-state index is -0.748. The summed E-state index contributed by atoms with van der Waals surface area (Å²) in [4.78, 5) is 100. The predicted molar refractivity (Wildman–Crippen MR) is 589 cm³/mol. The molecule has 772 valence electrons. The van der Waals surface area contributed by atoms with Gasteiger partial charge in [-0.15, -0.1) is 10.8 Å². The second-order valence-corrected chi connectivity index (χ2v) is 43.8. The summed E-state index contributed by atoms with van der Waals surface area (Å²) in [7, 11) is 0. The number of ether oxygens (including phenoxy) is 4. The van der Waals surface area contributed by atoms with E-state index in [2.05, 4.69) is 99.9 Å². The summed E-state index contributed by atoms with van der Waals surface area (Å²) >= 11 is 30.8. The van der Waals surface area contributed by atoms with Gasteiger partial charge in [0.25, 0.3) is 0 Å². The molecule has 0 aliphatic heterocycles. The van der Waals surface area contributed by atoms with Gasteiger partial charge in [0.2, 0.25) is 0 Å². The Morgan fingerprint density at radius 1 is 0.293 bits per heavy atom. The van der Waals surface area contributed by atoms with Crippen LogP contribution < -0.4 is 80.4 Å². The first kappa shape index (κ1) is 117. The van der Waals surface area contributed by atoms with Crippen molar-refractivity contribution in [2.24, 2.45) is 0 Å². The molecule has 0 spiro atoms. The Morgan fingerprint density at radius 3 is 0.633 bits per heavy atom. The van der Waals surface area contributed by atoms with Gasteiger partial charge in [-0.05, 0) is 330 Å². The van der Waals surface area contributed by atoms with Crippen LogP contribution in [-0.2, 0) is 59.8 Å². The Morgan fingerprint density at radius 2 is 0.467 bits per heavy atom. The zero-order valence-corrected chi connectivity index (χ0v) is 95.7. The molecule has 8 N–H and O–H groups in total. The number of carboxylic acids is 2. The molecule has 0 bridgehead atoms.